The first-order chi connectivity index (χ1) is 8.66. The second-order valence-corrected chi connectivity index (χ2v) is 6.31. The van der Waals surface area contributed by atoms with Gasteiger partial charge in [-0.25, -0.2) is 0 Å². The van der Waals surface area contributed by atoms with Crippen molar-refractivity contribution in [1.29, 1.82) is 0 Å². The van der Waals surface area contributed by atoms with Crippen LogP contribution in [0.25, 0.3) is 0 Å². The Balaban J connectivity index is 1.95. The van der Waals surface area contributed by atoms with Crippen LogP contribution in [0.2, 0.25) is 0 Å². The monoisotopic (exact) mass is 263 g/mol. The van der Waals surface area contributed by atoms with E-state index < -0.39 is 0 Å². The lowest BCUT2D eigenvalue weighted by molar-refractivity contribution is 0.0937. The second-order valence-electron chi connectivity index (χ2n) is 5.09. The standard InChI is InChI=1S/C15H21NOS/c1-12(2)13-3-5-14(6-4-13)15(17)11-16-7-9-18-10-8-16/h3-6,12H,7-11H2,1-2H3. The highest BCUT2D eigenvalue weighted by Crippen LogP contribution is 2.16. The lowest BCUT2D eigenvalue weighted by atomic mass is 10.0. The third-order valence-electron chi connectivity index (χ3n) is 3.37. The third-order valence-corrected chi connectivity index (χ3v) is 4.31. The lowest BCUT2D eigenvalue weighted by Gasteiger charge is -2.25. The Kier molecular flexibility index (Phi) is 4.84. The highest BCUT2D eigenvalue weighted by Gasteiger charge is 2.15. The number of hydrogen-bond acceptors (Lipinski definition) is 3. The van der Waals surface area contributed by atoms with Crippen LogP contribution in [-0.4, -0.2) is 41.8 Å². The highest BCUT2D eigenvalue weighted by molar-refractivity contribution is 7.99. The molecule has 1 aromatic carbocycles. The molecule has 1 fully saturated rings. The normalized spacial score (nSPS) is 17.1. The van der Waals surface area contributed by atoms with E-state index in [1.54, 1.807) is 0 Å². The van der Waals surface area contributed by atoms with Gasteiger partial charge in [-0.15, -0.1) is 0 Å². The van der Waals surface area contributed by atoms with Gasteiger partial charge in [0.2, 0.25) is 0 Å². The summed E-state index contributed by atoms with van der Waals surface area (Å²) < 4.78 is 0. The van der Waals surface area contributed by atoms with Crippen LogP contribution in [0.4, 0.5) is 0 Å². The molecular weight excluding hydrogens is 242 g/mol. The van der Waals surface area contributed by atoms with Crippen molar-refractivity contribution in [3.63, 3.8) is 0 Å². The average Bonchev–Trinajstić information content (AvgIpc) is 2.40. The number of carbonyl (C=O) groups is 1. The molecule has 1 aromatic rings. The molecule has 1 aliphatic heterocycles. The second kappa shape index (κ2) is 6.39. The Hall–Kier alpha value is -0.800. The van der Waals surface area contributed by atoms with Crippen molar-refractivity contribution < 1.29 is 4.79 Å². The first kappa shape index (κ1) is 13.6. The van der Waals surface area contributed by atoms with Gasteiger partial charge in [0.05, 0.1) is 6.54 Å². The van der Waals surface area contributed by atoms with E-state index in [1.807, 2.05) is 23.9 Å². The van der Waals surface area contributed by atoms with Crippen LogP contribution in [0.1, 0.15) is 35.7 Å². The zero-order valence-electron chi connectivity index (χ0n) is 11.2. The number of Topliss-reactive ketones (excluding diaryl/α,β-unsaturated/α-hetero) is 1. The van der Waals surface area contributed by atoms with Crippen LogP contribution in [0, 0.1) is 0 Å². The van der Waals surface area contributed by atoms with Crippen molar-refractivity contribution in [2.75, 3.05) is 31.1 Å². The van der Waals surface area contributed by atoms with E-state index in [1.165, 1.54) is 5.56 Å². The van der Waals surface area contributed by atoms with Gasteiger partial charge in [0.25, 0.3) is 0 Å². The van der Waals surface area contributed by atoms with Crippen LogP contribution >= 0.6 is 11.8 Å². The van der Waals surface area contributed by atoms with Crippen LogP contribution in [0.5, 0.6) is 0 Å². The molecule has 0 N–H and O–H groups in total. The van der Waals surface area contributed by atoms with E-state index in [0.717, 1.165) is 30.2 Å². The molecule has 0 radical (unpaired) electrons. The fourth-order valence-electron chi connectivity index (χ4n) is 2.11. The number of hydrogen-bond donors (Lipinski definition) is 0. The molecule has 1 heterocycles. The fourth-order valence-corrected chi connectivity index (χ4v) is 3.09. The molecule has 0 spiro atoms. The van der Waals surface area contributed by atoms with E-state index in [0.29, 0.717) is 12.5 Å². The van der Waals surface area contributed by atoms with Crippen LogP contribution in [-0.2, 0) is 0 Å². The first-order valence-corrected chi connectivity index (χ1v) is 7.75. The summed E-state index contributed by atoms with van der Waals surface area (Å²) in [6, 6.07) is 8.08. The fraction of sp³-hybridized carbons (Fsp3) is 0.533. The highest BCUT2D eigenvalue weighted by atomic mass is 32.2. The summed E-state index contributed by atoms with van der Waals surface area (Å²) in [5, 5.41) is 0. The molecule has 98 valence electrons. The van der Waals surface area contributed by atoms with Gasteiger partial charge >= 0.3 is 0 Å². The van der Waals surface area contributed by atoms with Gasteiger partial charge in [0.1, 0.15) is 0 Å². The summed E-state index contributed by atoms with van der Waals surface area (Å²) in [6.07, 6.45) is 0. The Bertz CT molecular complexity index is 393. The van der Waals surface area contributed by atoms with Crippen molar-refractivity contribution in [2.24, 2.45) is 0 Å². The van der Waals surface area contributed by atoms with Crippen LogP contribution in [0.15, 0.2) is 24.3 Å². The minimum absolute atomic E-state index is 0.247. The number of carbonyl (C=O) groups excluding carboxylic acids is 1. The van der Waals surface area contributed by atoms with Crippen molar-refractivity contribution >= 4 is 17.5 Å². The lowest BCUT2D eigenvalue weighted by Crippen LogP contribution is -2.36. The van der Waals surface area contributed by atoms with Crippen LogP contribution < -0.4 is 0 Å². The third kappa shape index (κ3) is 3.59. The van der Waals surface area contributed by atoms with Gasteiger partial charge in [0, 0.05) is 30.2 Å². The average molecular weight is 263 g/mol. The van der Waals surface area contributed by atoms with E-state index >= 15 is 0 Å². The van der Waals surface area contributed by atoms with Gasteiger partial charge in [-0.2, -0.15) is 11.8 Å². The zero-order chi connectivity index (χ0) is 13.0. The molecule has 0 atom stereocenters. The molecule has 1 saturated heterocycles. The van der Waals surface area contributed by atoms with Crippen molar-refractivity contribution in [3.05, 3.63) is 35.4 Å². The maximum atomic E-state index is 12.1. The minimum atomic E-state index is 0.247. The SMILES string of the molecule is CC(C)c1ccc(C(=O)CN2CCSCC2)cc1. The minimum Gasteiger partial charge on any atom is -0.294 e. The number of thioether (sulfide) groups is 1. The zero-order valence-corrected chi connectivity index (χ0v) is 12.0. The summed E-state index contributed by atoms with van der Waals surface area (Å²) in [4.78, 5) is 14.4. The molecule has 0 bridgehead atoms. The summed E-state index contributed by atoms with van der Waals surface area (Å²) in [6.45, 7) is 6.99. The topological polar surface area (TPSA) is 20.3 Å². The summed E-state index contributed by atoms with van der Waals surface area (Å²) in [7, 11) is 0. The van der Waals surface area contributed by atoms with Gasteiger partial charge in [-0.05, 0) is 11.5 Å². The summed E-state index contributed by atoms with van der Waals surface area (Å²) in [5.74, 6) is 3.07. The van der Waals surface area contributed by atoms with Crippen LogP contribution in [0.3, 0.4) is 0 Å². The molecule has 2 nitrogen and oxygen atoms in total. The molecule has 0 amide bonds. The van der Waals surface area contributed by atoms with E-state index in [2.05, 4.69) is 30.9 Å². The molecule has 18 heavy (non-hydrogen) atoms. The Morgan fingerprint density at radius 1 is 1.22 bits per heavy atom. The Morgan fingerprint density at radius 2 is 1.83 bits per heavy atom. The maximum Gasteiger partial charge on any atom is 0.176 e. The Morgan fingerprint density at radius 3 is 2.39 bits per heavy atom. The molecular formula is C15H21NOS. The largest absolute Gasteiger partial charge is 0.294 e. The summed E-state index contributed by atoms with van der Waals surface area (Å²) >= 11 is 1.97. The maximum absolute atomic E-state index is 12.1. The van der Waals surface area contributed by atoms with Crippen molar-refractivity contribution in [1.82, 2.24) is 4.90 Å². The molecule has 2 rings (SSSR count). The van der Waals surface area contributed by atoms with Crippen molar-refractivity contribution in [3.8, 4) is 0 Å². The van der Waals surface area contributed by atoms with E-state index in [-0.39, 0.29) is 5.78 Å². The van der Waals surface area contributed by atoms with Crippen molar-refractivity contribution in [2.45, 2.75) is 19.8 Å². The molecule has 0 saturated carbocycles. The number of ketones is 1. The Labute approximate surface area is 114 Å². The first-order valence-electron chi connectivity index (χ1n) is 6.60. The van der Waals surface area contributed by atoms with Gasteiger partial charge in [-0.3, -0.25) is 9.69 Å². The number of nitrogens with zero attached hydrogens (tertiary/aromatic N) is 1. The molecule has 0 aliphatic carbocycles. The van der Waals surface area contributed by atoms with E-state index in [4.69, 9.17) is 0 Å². The molecule has 3 heteroatoms. The summed E-state index contributed by atoms with van der Waals surface area (Å²) in [5.41, 5.74) is 2.14. The predicted octanol–water partition coefficient (Wildman–Crippen LogP) is 3.04. The number of rotatable bonds is 4. The predicted molar refractivity (Wildman–Crippen MR) is 78.6 cm³/mol. The molecule has 1 aliphatic rings. The van der Waals surface area contributed by atoms with E-state index in [9.17, 15) is 4.79 Å². The molecule has 0 unspecified atom stereocenters. The smallest absolute Gasteiger partial charge is 0.176 e. The van der Waals surface area contributed by atoms with Gasteiger partial charge in [-0.1, -0.05) is 38.1 Å². The van der Waals surface area contributed by atoms with Gasteiger partial charge < -0.3 is 0 Å². The quantitative estimate of drug-likeness (QED) is 0.779. The van der Waals surface area contributed by atoms with Gasteiger partial charge in [0.15, 0.2) is 5.78 Å². The molecule has 0 aromatic heterocycles. The number of benzene rings is 1.